The van der Waals surface area contributed by atoms with Crippen LogP contribution in [0.15, 0.2) is 185 Å². The summed E-state index contributed by atoms with van der Waals surface area (Å²) in [6, 6.07) is 58.6. The monoisotopic (exact) mass is 695 g/mol. The van der Waals surface area contributed by atoms with Crippen molar-refractivity contribution in [1.82, 2.24) is 24.9 Å². The highest BCUT2D eigenvalue weighted by Gasteiger charge is 2.15. The third kappa shape index (κ3) is 5.99. The number of hydrogen-bond acceptors (Lipinski definition) is 7. The van der Waals surface area contributed by atoms with Gasteiger partial charge in [-0.25, -0.2) is 24.9 Å². The Morgan fingerprint density at radius 3 is 0.963 bits per heavy atom. The minimum atomic E-state index is 0.595. The van der Waals surface area contributed by atoms with E-state index in [1.54, 1.807) is 0 Å². The lowest BCUT2D eigenvalue weighted by Gasteiger charge is -2.10. The molecule has 0 amide bonds. The van der Waals surface area contributed by atoms with Gasteiger partial charge in [0.05, 0.1) is 0 Å². The smallest absolute Gasteiger partial charge is 0.227 e. The van der Waals surface area contributed by atoms with E-state index < -0.39 is 0 Å². The molecule has 3 heterocycles. The van der Waals surface area contributed by atoms with Crippen molar-refractivity contribution in [2.24, 2.45) is 0 Å². The molecule has 7 nitrogen and oxygen atoms in total. The van der Waals surface area contributed by atoms with Gasteiger partial charge in [-0.2, -0.15) is 0 Å². The van der Waals surface area contributed by atoms with Crippen molar-refractivity contribution in [3.05, 3.63) is 176 Å². The summed E-state index contributed by atoms with van der Waals surface area (Å²) in [4.78, 5) is 24.2. The predicted molar refractivity (Wildman–Crippen MR) is 213 cm³/mol. The maximum absolute atomic E-state index is 6.14. The van der Waals surface area contributed by atoms with Gasteiger partial charge in [-0.3, -0.25) is 0 Å². The summed E-state index contributed by atoms with van der Waals surface area (Å²) in [7, 11) is 0. The summed E-state index contributed by atoms with van der Waals surface area (Å²) in [5.41, 5.74) is 11.9. The van der Waals surface area contributed by atoms with Gasteiger partial charge in [-0.1, -0.05) is 127 Å². The third-order valence-corrected chi connectivity index (χ3v) is 9.44. The van der Waals surface area contributed by atoms with Gasteiger partial charge in [-0.05, 0) is 70.8 Å². The van der Waals surface area contributed by atoms with Crippen LogP contribution in [0.4, 0.5) is 0 Å². The van der Waals surface area contributed by atoms with E-state index in [0.29, 0.717) is 29.3 Å². The average Bonchev–Trinajstić information content (AvgIpc) is 3.89. The first-order valence-corrected chi connectivity index (χ1v) is 17.7. The quantitative estimate of drug-likeness (QED) is 0.164. The molecule has 54 heavy (non-hydrogen) atoms. The standard InChI is InChI=1S/C47H29N5O2/c1-4-10-32(11-5-1)43-50-44(33-20-16-30(17-21-33)37-24-26-39-41(28-37)53-46(48-39)35-12-6-2-7-13-35)52-45(51-43)34-22-18-31(19-23-34)38-25-27-40-42(29-38)54-47(49-40)36-14-8-3-9-15-36/h1-29H. The van der Waals surface area contributed by atoms with Gasteiger partial charge in [-0.15, -0.1) is 0 Å². The van der Waals surface area contributed by atoms with Crippen LogP contribution >= 0.6 is 0 Å². The zero-order chi connectivity index (χ0) is 35.8. The molecular formula is C47H29N5O2. The van der Waals surface area contributed by atoms with Gasteiger partial charge in [0.1, 0.15) is 11.0 Å². The molecule has 0 bridgehead atoms. The zero-order valence-corrected chi connectivity index (χ0v) is 28.8. The molecule has 10 rings (SSSR count). The minimum Gasteiger partial charge on any atom is -0.436 e. The number of aromatic nitrogens is 5. The highest BCUT2D eigenvalue weighted by atomic mass is 16.4. The Kier molecular flexibility index (Phi) is 7.66. The predicted octanol–water partition coefficient (Wildman–Crippen LogP) is 11.8. The number of fused-ring (bicyclic) bond motifs is 2. The molecule has 0 aliphatic rings. The van der Waals surface area contributed by atoms with Crippen LogP contribution in [-0.2, 0) is 0 Å². The summed E-state index contributed by atoms with van der Waals surface area (Å²) in [6.07, 6.45) is 0. The van der Waals surface area contributed by atoms with Gasteiger partial charge in [0.25, 0.3) is 0 Å². The fourth-order valence-corrected chi connectivity index (χ4v) is 6.59. The van der Waals surface area contributed by atoms with Crippen molar-refractivity contribution < 1.29 is 8.83 Å². The van der Waals surface area contributed by atoms with Crippen LogP contribution in [0.1, 0.15) is 0 Å². The van der Waals surface area contributed by atoms with Gasteiger partial charge in [0, 0.05) is 27.8 Å². The maximum Gasteiger partial charge on any atom is 0.227 e. The van der Waals surface area contributed by atoms with Crippen LogP contribution in [0.5, 0.6) is 0 Å². The van der Waals surface area contributed by atoms with Crippen LogP contribution in [0.25, 0.3) is 102 Å². The number of rotatable bonds is 7. The molecule has 3 aromatic heterocycles. The SMILES string of the molecule is c1ccc(-c2nc(-c3ccc(-c4ccc5nc(-c6ccccc6)oc5c4)cc3)nc(-c3ccc(-c4ccc5nc(-c6ccccc6)oc5c4)cc3)n2)cc1. The van der Waals surface area contributed by atoms with E-state index in [-0.39, 0.29) is 0 Å². The van der Waals surface area contributed by atoms with Crippen molar-refractivity contribution >= 4 is 22.2 Å². The second-order valence-electron chi connectivity index (χ2n) is 13.0. The van der Waals surface area contributed by atoms with Crippen molar-refractivity contribution in [3.8, 4) is 79.3 Å². The number of benzene rings is 7. The minimum absolute atomic E-state index is 0.595. The fraction of sp³-hybridized carbons (Fsp3) is 0. The summed E-state index contributed by atoms with van der Waals surface area (Å²) >= 11 is 0. The van der Waals surface area contributed by atoms with Crippen LogP contribution in [-0.4, -0.2) is 24.9 Å². The second-order valence-corrected chi connectivity index (χ2v) is 13.0. The van der Waals surface area contributed by atoms with E-state index in [9.17, 15) is 0 Å². The fourth-order valence-electron chi connectivity index (χ4n) is 6.59. The highest BCUT2D eigenvalue weighted by Crippen LogP contribution is 2.33. The van der Waals surface area contributed by atoms with Crippen molar-refractivity contribution in [3.63, 3.8) is 0 Å². The molecule has 0 saturated heterocycles. The molecule has 0 fully saturated rings. The Hall–Kier alpha value is -7.51. The largest absolute Gasteiger partial charge is 0.436 e. The molecule has 0 aliphatic heterocycles. The van der Waals surface area contributed by atoms with Crippen LogP contribution in [0, 0.1) is 0 Å². The first-order valence-electron chi connectivity index (χ1n) is 17.7. The molecule has 0 saturated carbocycles. The molecule has 7 aromatic carbocycles. The molecule has 0 aliphatic carbocycles. The molecule has 0 N–H and O–H groups in total. The summed E-state index contributed by atoms with van der Waals surface area (Å²) < 4.78 is 12.3. The summed E-state index contributed by atoms with van der Waals surface area (Å²) in [6.45, 7) is 0. The molecule has 0 atom stereocenters. The van der Waals surface area contributed by atoms with Crippen molar-refractivity contribution in [2.45, 2.75) is 0 Å². The summed E-state index contributed by atoms with van der Waals surface area (Å²) in [5, 5.41) is 0. The third-order valence-electron chi connectivity index (χ3n) is 9.44. The van der Waals surface area contributed by atoms with E-state index >= 15 is 0 Å². The maximum atomic E-state index is 6.14. The molecule has 0 radical (unpaired) electrons. The lowest BCUT2D eigenvalue weighted by Crippen LogP contribution is -2.00. The first kappa shape index (κ1) is 31.2. The van der Waals surface area contributed by atoms with E-state index in [1.807, 2.05) is 115 Å². The normalized spacial score (nSPS) is 11.3. The van der Waals surface area contributed by atoms with Crippen LogP contribution in [0.3, 0.4) is 0 Å². The lowest BCUT2D eigenvalue weighted by molar-refractivity contribution is 0.619. The van der Waals surface area contributed by atoms with Gasteiger partial charge in [0.2, 0.25) is 11.8 Å². The number of nitrogens with zero attached hydrogens (tertiary/aromatic N) is 5. The van der Waals surface area contributed by atoms with Crippen molar-refractivity contribution in [1.29, 1.82) is 0 Å². The Bertz CT molecular complexity index is 2720. The Labute approximate surface area is 310 Å². The van der Waals surface area contributed by atoms with Gasteiger partial charge < -0.3 is 8.83 Å². The van der Waals surface area contributed by atoms with Crippen LogP contribution in [0.2, 0.25) is 0 Å². The van der Waals surface area contributed by atoms with Crippen molar-refractivity contribution in [2.75, 3.05) is 0 Å². The van der Waals surface area contributed by atoms with E-state index in [0.717, 1.165) is 72.3 Å². The van der Waals surface area contributed by atoms with Gasteiger partial charge >= 0.3 is 0 Å². The first-order chi connectivity index (χ1) is 26.7. The highest BCUT2D eigenvalue weighted by molar-refractivity contribution is 5.84. The molecule has 10 aromatic rings. The second kappa shape index (κ2) is 13.2. The summed E-state index contributed by atoms with van der Waals surface area (Å²) in [5.74, 6) is 3.02. The van der Waals surface area contributed by atoms with E-state index in [2.05, 4.69) is 70.6 Å². The molecule has 7 heteroatoms. The molecular weight excluding hydrogens is 667 g/mol. The molecule has 0 spiro atoms. The molecule has 0 unspecified atom stereocenters. The van der Waals surface area contributed by atoms with E-state index in [4.69, 9.17) is 23.8 Å². The lowest BCUT2D eigenvalue weighted by atomic mass is 10.0. The Morgan fingerprint density at radius 1 is 0.259 bits per heavy atom. The van der Waals surface area contributed by atoms with Crippen LogP contribution < -0.4 is 0 Å². The molecule has 254 valence electrons. The zero-order valence-electron chi connectivity index (χ0n) is 28.8. The average molecular weight is 696 g/mol. The number of oxazole rings is 2. The Morgan fingerprint density at radius 2 is 0.574 bits per heavy atom. The Balaban J connectivity index is 0.960. The number of hydrogen-bond donors (Lipinski definition) is 0. The van der Waals surface area contributed by atoms with E-state index in [1.165, 1.54) is 0 Å². The topological polar surface area (TPSA) is 90.7 Å². The van der Waals surface area contributed by atoms with Gasteiger partial charge in [0.15, 0.2) is 28.6 Å².